The van der Waals surface area contributed by atoms with Crippen LogP contribution in [0.3, 0.4) is 0 Å². The highest BCUT2D eigenvalue weighted by Crippen LogP contribution is 2.24. The summed E-state index contributed by atoms with van der Waals surface area (Å²) in [7, 11) is 0. The highest BCUT2D eigenvalue weighted by atomic mass is 16.6. The zero-order valence-corrected chi connectivity index (χ0v) is 4.41. The second-order valence-corrected chi connectivity index (χ2v) is 2.23. The van der Waals surface area contributed by atoms with Crippen LogP contribution in [0.25, 0.3) is 0 Å². The van der Waals surface area contributed by atoms with Gasteiger partial charge in [-0.3, -0.25) is 0 Å². The Kier molecular flexibility index (Phi) is 0.848. The molecular weight excluding hydrogens is 108 g/mol. The molecule has 0 aromatic heterocycles. The minimum Gasteiger partial charge on any atom is -0.388 e. The van der Waals surface area contributed by atoms with Gasteiger partial charge in [-0.15, -0.1) is 0 Å². The molecule has 2 aliphatic rings. The molecular formula is C5H8O3. The molecule has 2 heterocycles. The van der Waals surface area contributed by atoms with Crippen LogP contribution in [0.5, 0.6) is 0 Å². The lowest BCUT2D eigenvalue weighted by Crippen LogP contribution is -2.21. The highest BCUT2D eigenvalue weighted by Gasteiger charge is 2.42. The van der Waals surface area contributed by atoms with Gasteiger partial charge in [0, 0.05) is 0 Å². The number of hydrogen-bond donors (Lipinski definition) is 1. The monoisotopic (exact) mass is 116 g/mol. The van der Waals surface area contributed by atoms with E-state index in [0.29, 0.717) is 13.2 Å². The maximum absolute atomic E-state index is 9.08. The van der Waals surface area contributed by atoms with E-state index >= 15 is 0 Å². The maximum Gasteiger partial charge on any atom is 0.111 e. The Labute approximate surface area is 47.2 Å². The van der Waals surface area contributed by atoms with Crippen LogP contribution in [0, 0.1) is 0 Å². The molecule has 0 aromatic rings. The summed E-state index contributed by atoms with van der Waals surface area (Å²) < 4.78 is 9.68. The van der Waals surface area contributed by atoms with Gasteiger partial charge >= 0.3 is 0 Å². The fourth-order valence-corrected chi connectivity index (χ4v) is 0.745. The summed E-state index contributed by atoms with van der Waals surface area (Å²) in [6.07, 6.45) is -0.181. The standard InChI is InChI=1S/C5H8O3/c6-5(3-1-7-3)4-2-8-4/h3-6H,1-2H2/t3-,4+,5?. The van der Waals surface area contributed by atoms with E-state index in [1.54, 1.807) is 0 Å². The Bertz CT molecular complexity index is 83.8. The van der Waals surface area contributed by atoms with Crippen molar-refractivity contribution in [1.29, 1.82) is 0 Å². The number of aliphatic hydroxyl groups is 1. The molecule has 3 nitrogen and oxygen atoms in total. The fourth-order valence-electron chi connectivity index (χ4n) is 0.745. The molecule has 0 amide bonds. The SMILES string of the molecule is OC([C@@H]1CO1)[C@H]1CO1. The molecule has 2 aliphatic heterocycles. The van der Waals surface area contributed by atoms with Gasteiger partial charge in [0.1, 0.15) is 18.3 Å². The molecule has 8 heavy (non-hydrogen) atoms. The van der Waals surface area contributed by atoms with Crippen molar-refractivity contribution in [3.8, 4) is 0 Å². The van der Waals surface area contributed by atoms with Crippen molar-refractivity contribution in [3.63, 3.8) is 0 Å². The van der Waals surface area contributed by atoms with Crippen molar-refractivity contribution in [2.45, 2.75) is 18.3 Å². The van der Waals surface area contributed by atoms with Gasteiger partial charge in [-0.05, 0) is 0 Å². The average Bonchev–Trinajstić information content (AvgIpc) is 2.63. The largest absolute Gasteiger partial charge is 0.388 e. The van der Waals surface area contributed by atoms with Crippen molar-refractivity contribution < 1.29 is 14.6 Å². The highest BCUT2D eigenvalue weighted by molar-refractivity contribution is 4.89. The average molecular weight is 116 g/mol. The molecule has 0 radical (unpaired) electrons. The molecule has 0 aromatic carbocycles. The Morgan fingerprint density at radius 2 is 1.62 bits per heavy atom. The molecule has 3 heteroatoms. The Morgan fingerprint density at radius 1 is 1.25 bits per heavy atom. The first-order chi connectivity index (χ1) is 3.88. The zero-order chi connectivity index (χ0) is 5.56. The third-order valence-corrected chi connectivity index (χ3v) is 1.48. The number of rotatable bonds is 2. The molecule has 2 fully saturated rings. The van der Waals surface area contributed by atoms with E-state index in [0.717, 1.165) is 0 Å². The lowest BCUT2D eigenvalue weighted by molar-refractivity contribution is 0.103. The molecule has 1 N–H and O–H groups in total. The van der Waals surface area contributed by atoms with E-state index in [4.69, 9.17) is 14.6 Å². The predicted molar refractivity (Wildman–Crippen MR) is 25.5 cm³/mol. The van der Waals surface area contributed by atoms with Crippen LogP contribution in [0.4, 0.5) is 0 Å². The number of aliphatic hydroxyl groups excluding tert-OH is 1. The summed E-state index contributed by atoms with van der Waals surface area (Å²) in [6, 6.07) is 0. The number of hydrogen-bond acceptors (Lipinski definition) is 3. The van der Waals surface area contributed by atoms with Crippen LogP contribution in [0.2, 0.25) is 0 Å². The van der Waals surface area contributed by atoms with Crippen LogP contribution >= 0.6 is 0 Å². The number of epoxide rings is 2. The summed E-state index contributed by atoms with van der Waals surface area (Å²) in [5.74, 6) is 0. The first-order valence-electron chi connectivity index (χ1n) is 2.79. The fraction of sp³-hybridized carbons (Fsp3) is 1.00. The first-order valence-corrected chi connectivity index (χ1v) is 2.79. The van der Waals surface area contributed by atoms with Gasteiger partial charge in [0.15, 0.2) is 0 Å². The van der Waals surface area contributed by atoms with Crippen molar-refractivity contribution in [1.82, 2.24) is 0 Å². The molecule has 46 valence electrons. The van der Waals surface area contributed by atoms with Gasteiger partial charge in [0.25, 0.3) is 0 Å². The summed E-state index contributed by atoms with van der Waals surface area (Å²) in [6.45, 7) is 1.42. The Hall–Kier alpha value is -0.120. The third-order valence-electron chi connectivity index (χ3n) is 1.48. The van der Waals surface area contributed by atoms with Crippen LogP contribution in [0.1, 0.15) is 0 Å². The third kappa shape index (κ3) is 0.727. The molecule has 2 rings (SSSR count). The second kappa shape index (κ2) is 1.43. The molecule has 0 aliphatic carbocycles. The Morgan fingerprint density at radius 3 is 1.88 bits per heavy atom. The van der Waals surface area contributed by atoms with E-state index < -0.39 is 0 Å². The van der Waals surface area contributed by atoms with Crippen LogP contribution in [-0.4, -0.2) is 36.6 Å². The first kappa shape index (κ1) is 4.73. The summed E-state index contributed by atoms with van der Waals surface area (Å²) in [5, 5.41) is 9.08. The lowest BCUT2D eigenvalue weighted by atomic mass is 10.2. The van der Waals surface area contributed by atoms with Gasteiger partial charge in [0.05, 0.1) is 13.2 Å². The molecule has 2 saturated heterocycles. The van der Waals surface area contributed by atoms with E-state index in [9.17, 15) is 0 Å². The van der Waals surface area contributed by atoms with Gasteiger partial charge in [-0.25, -0.2) is 0 Å². The molecule has 0 spiro atoms. The van der Waals surface area contributed by atoms with E-state index in [-0.39, 0.29) is 18.3 Å². The lowest BCUT2D eigenvalue weighted by Gasteiger charge is -1.98. The quantitative estimate of drug-likeness (QED) is 0.478. The van der Waals surface area contributed by atoms with Gasteiger partial charge in [-0.1, -0.05) is 0 Å². The smallest absolute Gasteiger partial charge is 0.111 e. The van der Waals surface area contributed by atoms with Crippen LogP contribution < -0.4 is 0 Å². The zero-order valence-electron chi connectivity index (χ0n) is 4.41. The molecule has 0 saturated carbocycles. The summed E-state index contributed by atoms with van der Waals surface area (Å²) in [4.78, 5) is 0. The van der Waals surface area contributed by atoms with Crippen molar-refractivity contribution in [2.75, 3.05) is 13.2 Å². The number of ether oxygens (including phenoxy) is 2. The second-order valence-electron chi connectivity index (χ2n) is 2.23. The molecule has 3 atom stereocenters. The van der Waals surface area contributed by atoms with Gasteiger partial charge < -0.3 is 14.6 Å². The summed E-state index contributed by atoms with van der Waals surface area (Å²) >= 11 is 0. The van der Waals surface area contributed by atoms with Gasteiger partial charge in [0.2, 0.25) is 0 Å². The molecule has 1 unspecified atom stereocenters. The normalized spacial score (nSPS) is 46.1. The van der Waals surface area contributed by atoms with E-state index in [1.165, 1.54) is 0 Å². The maximum atomic E-state index is 9.08. The van der Waals surface area contributed by atoms with Crippen molar-refractivity contribution in [2.24, 2.45) is 0 Å². The summed E-state index contributed by atoms with van der Waals surface area (Å²) in [5.41, 5.74) is 0. The predicted octanol–water partition coefficient (Wildman–Crippen LogP) is -0.855. The van der Waals surface area contributed by atoms with Crippen LogP contribution in [0.15, 0.2) is 0 Å². The topological polar surface area (TPSA) is 45.3 Å². The van der Waals surface area contributed by atoms with Crippen molar-refractivity contribution in [3.05, 3.63) is 0 Å². The van der Waals surface area contributed by atoms with E-state index in [2.05, 4.69) is 0 Å². The van der Waals surface area contributed by atoms with Crippen molar-refractivity contribution >= 4 is 0 Å². The molecule has 0 bridgehead atoms. The van der Waals surface area contributed by atoms with Gasteiger partial charge in [-0.2, -0.15) is 0 Å². The minimum atomic E-state index is -0.352. The minimum absolute atomic E-state index is 0.0856. The van der Waals surface area contributed by atoms with Crippen LogP contribution in [-0.2, 0) is 9.47 Å². The van der Waals surface area contributed by atoms with E-state index in [1.807, 2.05) is 0 Å². The Balaban J connectivity index is 1.84.